The Bertz CT molecular complexity index is 343. The second kappa shape index (κ2) is 6.77. The largest absolute Gasteiger partial charge is 0.385 e. The molecule has 0 aliphatic heterocycles. The van der Waals surface area contributed by atoms with Crippen LogP contribution in [0.1, 0.15) is 13.3 Å². The molecule has 1 rings (SSSR count). The first-order valence-corrected chi connectivity index (χ1v) is 9.38. The van der Waals surface area contributed by atoms with Crippen molar-refractivity contribution < 1.29 is 4.74 Å². The highest BCUT2D eigenvalue weighted by Gasteiger charge is 2.31. The Labute approximate surface area is 107 Å². The third kappa shape index (κ3) is 3.82. The minimum atomic E-state index is -1.43. The minimum Gasteiger partial charge on any atom is -0.385 e. The molecule has 0 radical (unpaired) electrons. The van der Waals surface area contributed by atoms with E-state index in [4.69, 9.17) is 4.74 Å². The molecule has 2 heteroatoms. The molecule has 1 aromatic carbocycles. The first kappa shape index (κ1) is 14.2. The summed E-state index contributed by atoms with van der Waals surface area (Å²) < 4.78 is 5.24. The van der Waals surface area contributed by atoms with Gasteiger partial charge in [0.2, 0.25) is 0 Å². The average molecular weight is 248 g/mol. The Balaban J connectivity index is 2.91. The van der Waals surface area contributed by atoms with E-state index in [0.717, 1.165) is 13.0 Å². The number of benzene rings is 1. The molecule has 0 heterocycles. The highest BCUT2D eigenvalue weighted by atomic mass is 28.3. The lowest BCUT2D eigenvalue weighted by Crippen LogP contribution is -2.45. The van der Waals surface area contributed by atoms with E-state index in [9.17, 15) is 0 Å². The Morgan fingerprint density at radius 1 is 1.24 bits per heavy atom. The van der Waals surface area contributed by atoms with Crippen LogP contribution >= 0.6 is 0 Å². The van der Waals surface area contributed by atoms with Crippen LogP contribution in [0.5, 0.6) is 0 Å². The van der Waals surface area contributed by atoms with Crippen LogP contribution in [0.3, 0.4) is 0 Å². The molecule has 0 amide bonds. The first-order valence-electron chi connectivity index (χ1n) is 6.30. The van der Waals surface area contributed by atoms with Gasteiger partial charge in [-0.1, -0.05) is 60.8 Å². The Morgan fingerprint density at radius 2 is 1.88 bits per heavy atom. The molecule has 0 unspecified atom stereocenters. The van der Waals surface area contributed by atoms with Gasteiger partial charge < -0.3 is 4.74 Å². The molecule has 0 N–H and O–H groups in total. The Kier molecular flexibility index (Phi) is 5.66. The van der Waals surface area contributed by atoms with Crippen molar-refractivity contribution in [3.8, 4) is 0 Å². The lowest BCUT2D eigenvalue weighted by Gasteiger charge is -2.31. The third-order valence-corrected chi connectivity index (χ3v) is 7.66. The molecule has 0 saturated carbocycles. The standard InChI is InChI=1S/C15H24OSi/c1-5-9-14(12-13-16-2)17(3,4)15-10-7-6-8-11-15/h5-11,14H,12-13H2,1-4H3/b9-5+/t14-/m1/s1. The topological polar surface area (TPSA) is 9.23 Å². The SMILES string of the molecule is C/C=C/[C@H](CCOC)[Si](C)(C)c1ccccc1. The summed E-state index contributed by atoms with van der Waals surface area (Å²) in [5.41, 5.74) is 0.648. The van der Waals surface area contributed by atoms with Crippen molar-refractivity contribution in [3.63, 3.8) is 0 Å². The molecule has 0 aromatic heterocycles. The van der Waals surface area contributed by atoms with Gasteiger partial charge in [0.05, 0.1) is 8.07 Å². The summed E-state index contributed by atoms with van der Waals surface area (Å²) >= 11 is 0. The fourth-order valence-electron chi connectivity index (χ4n) is 2.26. The maximum Gasteiger partial charge on any atom is 0.0874 e. The maximum absolute atomic E-state index is 5.24. The van der Waals surface area contributed by atoms with Crippen LogP contribution in [0, 0.1) is 0 Å². The Morgan fingerprint density at radius 3 is 2.41 bits per heavy atom. The van der Waals surface area contributed by atoms with Gasteiger partial charge in [0, 0.05) is 13.7 Å². The van der Waals surface area contributed by atoms with Gasteiger partial charge in [-0.25, -0.2) is 0 Å². The first-order chi connectivity index (χ1) is 8.12. The van der Waals surface area contributed by atoms with Gasteiger partial charge in [-0.05, 0) is 18.9 Å². The smallest absolute Gasteiger partial charge is 0.0874 e. The fourth-order valence-corrected chi connectivity index (χ4v) is 5.25. The van der Waals surface area contributed by atoms with Crippen molar-refractivity contribution in [3.05, 3.63) is 42.5 Å². The van der Waals surface area contributed by atoms with Gasteiger partial charge in [0.1, 0.15) is 0 Å². The number of rotatable bonds is 6. The van der Waals surface area contributed by atoms with Crippen LogP contribution in [0.25, 0.3) is 0 Å². The zero-order valence-electron chi connectivity index (χ0n) is 11.4. The monoisotopic (exact) mass is 248 g/mol. The molecule has 0 saturated heterocycles. The van der Waals surface area contributed by atoms with E-state index < -0.39 is 8.07 Å². The van der Waals surface area contributed by atoms with E-state index in [1.54, 1.807) is 7.11 Å². The van der Waals surface area contributed by atoms with Gasteiger partial charge in [0.15, 0.2) is 0 Å². The van der Waals surface area contributed by atoms with E-state index in [1.165, 1.54) is 5.19 Å². The molecule has 17 heavy (non-hydrogen) atoms. The van der Waals surface area contributed by atoms with E-state index in [1.807, 2.05) is 0 Å². The van der Waals surface area contributed by atoms with E-state index in [2.05, 4.69) is 62.5 Å². The second-order valence-electron chi connectivity index (χ2n) is 5.00. The van der Waals surface area contributed by atoms with Crippen molar-refractivity contribution in [1.29, 1.82) is 0 Å². The summed E-state index contributed by atoms with van der Waals surface area (Å²) in [7, 11) is 0.348. The van der Waals surface area contributed by atoms with E-state index >= 15 is 0 Å². The molecule has 1 aromatic rings. The highest BCUT2D eigenvalue weighted by molar-refractivity contribution is 6.91. The summed E-state index contributed by atoms with van der Waals surface area (Å²) in [5, 5.41) is 1.53. The number of hydrogen-bond acceptors (Lipinski definition) is 1. The van der Waals surface area contributed by atoms with Crippen molar-refractivity contribution in [2.75, 3.05) is 13.7 Å². The number of ether oxygens (including phenoxy) is 1. The van der Waals surface area contributed by atoms with E-state index in [0.29, 0.717) is 5.54 Å². The predicted octanol–water partition coefficient (Wildman–Crippen LogP) is 3.58. The summed E-state index contributed by atoms with van der Waals surface area (Å²) in [4.78, 5) is 0. The molecule has 0 spiro atoms. The van der Waals surface area contributed by atoms with Gasteiger partial charge in [-0.2, -0.15) is 0 Å². The number of methoxy groups -OCH3 is 1. The van der Waals surface area contributed by atoms with Crippen LogP contribution in [0.15, 0.2) is 42.5 Å². The summed E-state index contributed by atoms with van der Waals surface area (Å²) in [6, 6.07) is 10.9. The van der Waals surface area contributed by atoms with E-state index in [-0.39, 0.29) is 0 Å². The maximum atomic E-state index is 5.24. The zero-order valence-corrected chi connectivity index (χ0v) is 12.4. The van der Waals surface area contributed by atoms with Crippen LogP contribution in [0.2, 0.25) is 18.6 Å². The second-order valence-corrected chi connectivity index (χ2v) is 9.76. The number of allylic oxidation sites excluding steroid dienone is 2. The molecule has 1 nitrogen and oxygen atoms in total. The van der Waals surface area contributed by atoms with Crippen LogP contribution in [-0.2, 0) is 4.74 Å². The van der Waals surface area contributed by atoms with Gasteiger partial charge in [-0.3, -0.25) is 0 Å². The molecular weight excluding hydrogens is 224 g/mol. The predicted molar refractivity (Wildman–Crippen MR) is 78.6 cm³/mol. The quantitative estimate of drug-likeness (QED) is 0.552. The lowest BCUT2D eigenvalue weighted by molar-refractivity contribution is 0.195. The van der Waals surface area contributed by atoms with Crippen LogP contribution in [0.4, 0.5) is 0 Å². The zero-order chi connectivity index (χ0) is 12.7. The molecule has 0 bridgehead atoms. The Hall–Kier alpha value is -0.863. The fraction of sp³-hybridized carbons (Fsp3) is 0.467. The molecule has 0 aliphatic rings. The third-order valence-electron chi connectivity index (χ3n) is 3.50. The van der Waals surface area contributed by atoms with Gasteiger partial charge in [-0.15, -0.1) is 0 Å². The van der Waals surface area contributed by atoms with Crippen molar-refractivity contribution in [1.82, 2.24) is 0 Å². The summed E-state index contributed by atoms with van der Waals surface area (Å²) in [6.45, 7) is 7.85. The van der Waals surface area contributed by atoms with Crippen molar-refractivity contribution >= 4 is 13.3 Å². The summed E-state index contributed by atoms with van der Waals surface area (Å²) in [6.07, 6.45) is 5.66. The van der Waals surface area contributed by atoms with Crippen molar-refractivity contribution in [2.45, 2.75) is 32.0 Å². The minimum absolute atomic E-state index is 0.648. The van der Waals surface area contributed by atoms with Crippen molar-refractivity contribution in [2.24, 2.45) is 0 Å². The molecule has 0 fully saturated rings. The molecular formula is C15H24OSi. The molecule has 94 valence electrons. The van der Waals surface area contributed by atoms with Crippen LogP contribution < -0.4 is 5.19 Å². The summed E-state index contributed by atoms with van der Waals surface area (Å²) in [5.74, 6) is 0. The van der Waals surface area contributed by atoms with Crippen LogP contribution in [-0.4, -0.2) is 21.8 Å². The average Bonchev–Trinajstić information content (AvgIpc) is 2.35. The number of hydrogen-bond donors (Lipinski definition) is 0. The lowest BCUT2D eigenvalue weighted by atomic mass is 10.3. The molecule has 1 atom stereocenters. The van der Waals surface area contributed by atoms with Gasteiger partial charge >= 0.3 is 0 Å². The molecule has 0 aliphatic carbocycles. The highest BCUT2D eigenvalue weighted by Crippen LogP contribution is 2.27. The normalized spacial score (nSPS) is 14.1. The van der Waals surface area contributed by atoms with Gasteiger partial charge in [0.25, 0.3) is 0 Å².